The first-order valence-electron chi connectivity index (χ1n) is 7.94. The lowest BCUT2D eigenvalue weighted by Crippen LogP contribution is -2.32. The molecule has 3 rings (SSSR count). The number of hydrogen-bond donors (Lipinski definition) is 2. The summed E-state index contributed by atoms with van der Waals surface area (Å²) >= 11 is 0. The van der Waals surface area contributed by atoms with Crippen LogP contribution in [0.4, 0.5) is 5.69 Å². The molecule has 1 amide bonds. The number of anilines is 1. The zero-order valence-electron chi connectivity index (χ0n) is 14.1. The van der Waals surface area contributed by atoms with Crippen LogP contribution in [0.2, 0.25) is 0 Å². The largest absolute Gasteiger partial charge is 0.457 e. The normalized spacial score (nSPS) is 10.3. The summed E-state index contributed by atoms with van der Waals surface area (Å²) in [6.07, 6.45) is 1.28. The van der Waals surface area contributed by atoms with Crippen molar-refractivity contribution in [3.05, 3.63) is 87.2 Å². The number of amides is 1. The van der Waals surface area contributed by atoms with Crippen LogP contribution in [0.15, 0.2) is 70.4 Å². The summed E-state index contributed by atoms with van der Waals surface area (Å²) in [5.74, 6) is 0.986. The summed E-state index contributed by atoms with van der Waals surface area (Å²) in [5.41, 5.74) is 0.589. The first-order chi connectivity index (χ1) is 12.5. The second kappa shape index (κ2) is 7.52. The number of carbonyl (C=O) groups excluding carboxylic acids is 1. The Morgan fingerprint density at radius 2 is 1.62 bits per heavy atom. The minimum absolute atomic E-state index is 0.197. The number of benzene rings is 2. The maximum atomic E-state index is 12.0. The topological polar surface area (TPSA) is 93.2 Å². The van der Waals surface area contributed by atoms with Gasteiger partial charge in [0.1, 0.15) is 18.0 Å². The number of hydrogen-bond acceptors (Lipinski definition) is 4. The summed E-state index contributed by atoms with van der Waals surface area (Å²) < 4.78 is 6.84. The van der Waals surface area contributed by atoms with E-state index in [0.29, 0.717) is 11.4 Å². The van der Waals surface area contributed by atoms with Gasteiger partial charge in [-0.3, -0.25) is 19.1 Å². The second-order valence-electron chi connectivity index (χ2n) is 5.73. The molecule has 0 spiro atoms. The van der Waals surface area contributed by atoms with Gasteiger partial charge in [-0.1, -0.05) is 17.7 Å². The van der Waals surface area contributed by atoms with Crippen molar-refractivity contribution in [2.45, 2.75) is 13.5 Å². The third kappa shape index (κ3) is 4.47. The average Bonchev–Trinajstić information content (AvgIpc) is 2.61. The van der Waals surface area contributed by atoms with E-state index in [2.05, 4.69) is 10.3 Å². The van der Waals surface area contributed by atoms with Gasteiger partial charge in [0.25, 0.3) is 5.56 Å². The maximum absolute atomic E-state index is 12.0. The van der Waals surface area contributed by atoms with Crippen LogP contribution >= 0.6 is 0 Å². The van der Waals surface area contributed by atoms with Crippen LogP contribution in [-0.4, -0.2) is 15.5 Å². The fourth-order valence-electron chi connectivity index (χ4n) is 2.27. The molecule has 26 heavy (non-hydrogen) atoms. The molecule has 0 aliphatic rings. The predicted octanol–water partition coefficient (Wildman–Crippen LogP) is 2.28. The van der Waals surface area contributed by atoms with Crippen LogP contribution in [0.5, 0.6) is 11.5 Å². The minimum Gasteiger partial charge on any atom is -0.457 e. The first-order valence-corrected chi connectivity index (χ1v) is 7.94. The van der Waals surface area contributed by atoms with Crippen molar-refractivity contribution < 1.29 is 9.53 Å². The van der Waals surface area contributed by atoms with Crippen molar-refractivity contribution in [3.8, 4) is 11.5 Å². The van der Waals surface area contributed by atoms with Gasteiger partial charge in [-0.15, -0.1) is 0 Å². The molecule has 3 aromatic rings. The molecule has 0 saturated heterocycles. The molecule has 2 N–H and O–H groups in total. The Labute approximate surface area is 148 Å². The summed E-state index contributed by atoms with van der Waals surface area (Å²) in [4.78, 5) is 36.7. The molecule has 0 bridgehead atoms. The molecule has 7 heteroatoms. The van der Waals surface area contributed by atoms with Gasteiger partial charge in [0.15, 0.2) is 0 Å². The van der Waals surface area contributed by atoms with Gasteiger partial charge < -0.3 is 10.1 Å². The third-order valence-corrected chi connectivity index (χ3v) is 3.61. The smallest absolute Gasteiger partial charge is 0.328 e. The minimum atomic E-state index is -0.630. The lowest BCUT2D eigenvalue weighted by molar-refractivity contribution is -0.116. The Balaban J connectivity index is 1.61. The van der Waals surface area contributed by atoms with Gasteiger partial charge in [0, 0.05) is 18.0 Å². The van der Waals surface area contributed by atoms with Crippen LogP contribution in [0, 0.1) is 6.92 Å². The fourth-order valence-corrected chi connectivity index (χ4v) is 2.27. The van der Waals surface area contributed by atoms with Crippen LogP contribution < -0.4 is 21.3 Å². The molecule has 7 nitrogen and oxygen atoms in total. The highest BCUT2D eigenvalue weighted by molar-refractivity contribution is 5.90. The van der Waals surface area contributed by atoms with Crippen molar-refractivity contribution in [1.29, 1.82) is 0 Å². The van der Waals surface area contributed by atoms with E-state index >= 15 is 0 Å². The lowest BCUT2D eigenvalue weighted by Gasteiger charge is -2.09. The highest BCUT2D eigenvalue weighted by Crippen LogP contribution is 2.23. The summed E-state index contributed by atoms with van der Waals surface area (Å²) in [6.45, 7) is 1.81. The van der Waals surface area contributed by atoms with E-state index in [9.17, 15) is 14.4 Å². The number of aromatic nitrogens is 2. The zero-order valence-corrected chi connectivity index (χ0v) is 14.1. The Hall–Kier alpha value is -3.61. The number of ether oxygens (including phenoxy) is 1. The van der Waals surface area contributed by atoms with Crippen molar-refractivity contribution >= 4 is 11.6 Å². The Morgan fingerprint density at radius 1 is 1.00 bits per heavy atom. The lowest BCUT2D eigenvalue weighted by atomic mass is 10.2. The SMILES string of the molecule is Cc1ccc(Oc2ccc(NC(=O)Cn3ccc(=O)[nH]c3=O)cc2)cc1. The molecule has 0 radical (unpaired) electrons. The Morgan fingerprint density at radius 3 is 2.23 bits per heavy atom. The van der Waals surface area contributed by atoms with Crippen molar-refractivity contribution in [2.24, 2.45) is 0 Å². The number of nitrogens with one attached hydrogen (secondary N) is 2. The van der Waals surface area contributed by atoms with Crippen molar-refractivity contribution in [3.63, 3.8) is 0 Å². The molecule has 0 unspecified atom stereocenters. The maximum Gasteiger partial charge on any atom is 0.328 e. The molecule has 1 aromatic heterocycles. The number of carbonyl (C=O) groups is 1. The summed E-state index contributed by atoms with van der Waals surface area (Å²) in [6, 6.07) is 15.8. The fraction of sp³-hybridized carbons (Fsp3) is 0.105. The van der Waals surface area contributed by atoms with Crippen molar-refractivity contribution in [1.82, 2.24) is 9.55 Å². The van der Waals surface area contributed by atoms with Gasteiger partial charge in [-0.05, 0) is 43.3 Å². The van der Waals surface area contributed by atoms with Crippen LogP contribution in [0.1, 0.15) is 5.56 Å². The van der Waals surface area contributed by atoms with E-state index in [0.717, 1.165) is 15.9 Å². The number of H-pyrrole nitrogens is 1. The molecule has 132 valence electrons. The van der Waals surface area contributed by atoms with E-state index in [1.807, 2.05) is 31.2 Å². The first kappa shape index (κ1) is 17.2. The molecule has 0 atom stereocenters. The van der Waals surface area contributed by atoms with Crippen LogP contribution in [0.3, 0.4) is 0 Å². The van der Waals surface area contributed by atoms with E-state index in [1.165, 1.54) is 12.3 Å². The van der Waals surface area contributed by atoms with Gasteiger partial charge in [-0.2, -0.15) is 0 Å². The Bertz CT molecular complexity index is 1020. The van der Waals surface area contributed by atoms with Crippen LogP contribution in [0.25, 0.3) is 0 Å². The second-order valence-corrected chi connectivity index (χ2v) is 5.73. The van der Waals surface area contributed by atoms with E-state index in [-0.39, 0.29) is 12.5 Å². The molecule has 2 aromatic carbocycles. The van der Waals surface area contributed by atoms with Crippen LogP contribution in [-0.2, 0) is 11.3 Å². The summed E-state index contributed by atoms with van der Waals surface area (Å²) in [5, 5.41) is 2.68. The number of nitrogens with zero attached hydrogens (tertiary/aromatic N) is 1. The molecular formula is C19H17N3O4. The molecule has 1 heterocycles. The summed E-state index contributed by atoms with van der Waals surface area (Å²) in [7, 11) is 0. The predicted molar refractivity (Wildman–Crippen MR) is 97.6 cm³/mol. The number of aryl methyl sites for hydroxylation is 1. The average molecular weight is 351 g/mol. The highest BCUT2D eigenvalue weighted by atomic mass is 16.5. The molecule has 0 aliphatic heterocycles. The van der Waals surface area contributed by atoms with Gasteiger partial charge in [0.05, 0.1) is 0 Å². The van der Waals surface area contributed by atoms with Gasteiger partial charge >= 0.3 is 5.69 Å². The zero-order chi connectivity index (χ0) is 18.5. The van der Waals surface area contributed by atoms with Crippen molar-refractivity contribution in [2.75, 3.05) is 5.32 Å². The number of aromatic amines is 1. The molecule has 0 aliphatic carbocycles. The monoisotopic (exact) mass is 351 g/mol. The van der Waals surface area contributed by atoms with E-state index in [1.54, 1.807) is 24.3 Å². The standard InChI is InChI=1S/C19H17N3O4/c1-13-2-6-15(7-3-13)26-16-8-4-14(5-9-16)20-18(24)12-22-11-10-17(23)21-19(22)25/h2-11H,12H2,1H3,(H,20,24)(H,21,23,25). The third-order valence-electron chi connectivity index (χ3n) is 3.61. The van der Waals surface area contributed by atoms with E-state index < -0.39 is 11.2 Å². The molecule has 0 fully saturated rings. The number of rotatable bonds is 5. The molecule has 0 saturated carbocycles. The van der Waals surface area contributed by atoms with E-state index in [4.69, 9.17) is 4.74 Å². The molecular weight excluding hydrogens is 334 g/mol. The highest BCUT2D eigenvalue weighted by Gasteiger charge is 2.06. The van der Waals surface area contributed by atoms with Gasteiger partial charge in [-0.25, -0.2) is 4.79 Å². The Kier molecular flexibility index (Phi) is 4.98. The van der Waals surface area contributed by atoms with Gasteiger partial charge in [0.2, 0.25) is 5.91 Å². The quantitative estimate of drug-likeness (QED) is 0.737.